The smallest absolute Gasteiger partial charge is 0.251 e. The Bertz CT molecular complexity index is 1560. The van der Waals surface area contributed by atoms with Crippen molar-refractivity contribution in [3.8, 4) is 0 Å². The molecule has 4 aromatic rings. The zero-order chi connectivity index (χ0) is 25.9. The fourth-order valence-corrected chi connectivity index (χ4v) is 4.55. The number of carbonyl (C=O) groups excluding carboxylic acids is 1. The maximum atomic E-state index is 12.5. The molecule has 8 heteroatoms. The molecule has 1 unspecified atom stereocenters. The van der Waals surface area contributed by atoms with Crippen molar-refractivity contribution in [1.29, 1.82) is 0 Å². The lowest BCUT2D eigenvalue weighted by Crippen LogP contribution is -2.46. The molecule has 0 fully saturated rings. The number of anilines is 2. The quantitative estimate of drug-likeness (QED) is 0.369. The van der Waals surface area contributed by atoms with E-state index in [0.717, 1.165) is 33.8 Å². The van der Waals surface area contributed by atoms with Crippen LogP contribution < -0.4 is 21.3 Å². The lowest BCUT2D eigenvalue weighted by molar-refractivity contribution is 0.0951. The number of pyridine rings is 2. The van der Waals surface area contributed by atoms with Crippen LogP contribution in [0.3, 0.4) is 0 Å². The third-order valence-electron chi connectivity index (χ3n) is 6.49. The van der Waals surface area contributed by atoms with Gasteiger partial charge in [-0.25, -0.2) is 9.98 Å². The number of nitrogens with two attached hydrogens (primary N) is 1. The van der Waals surface area contributed by atoms with Crippen LogP contribution in [0.5, 0.6) is 0 Å². The van der Waals surface area contributed by atoms with E-state index in [1.54, 1.807) is 30.7 Å². The fraction of sp³-hybridized carbons (Fsp3) is 0.0667. The molecule has 2 aromatic carbocycles. The van der Waals surface area contributed by atoms with Gasteiger partial charge in [0.1, 0.15) is 17.8 Å². The molecule has 1 amide bonds. The summed E-state index contributed by atoms with van der Waals surface area (Å²) in [5.74, 6) is 1.03. The highest BCUT2D eigenvalue weighted by Gasteiger charge is 2.36. The number of benzene rings is 2. The molecular formula is C30H25N7O. The molecule has 0 saturated carbocycles. The van der Waals surface area contributed by atoms with E-state index in [0.29, 0.717) is 23.8 Å². The third-order valence-corrected chi connectivity index (χ3v) is 6.49. The Kier molecular flexibility index (Phi) is 6.11. The minimum Gasteiger partial charge on any atom is -0.383 e. The lowest BCUT2D eigenvalue weighted by Gasteiger charge is -2.32. The highest BCUT2D eigenvalue weighted by Crippen LogP contribution is 2.34. The van der Waals surface area contributed by atoms with Gasteiger partial charge in [-0.2, -0.15) is 0 Å². The summed E-state index contributed by atoms with van der Waals surface area (Å²) >= 11 is 0. The van der Waals surface area contributed by atoms with Crippen molar-refractivity contribution in [2.24, 2.45) is 4.99 Å². The summed E-state index contributed by atoms with van der Waals surface area (Å²) in [5.41, 5.74) is 12.5. The first-order valence-electron chi connectivity index (χ1n) is 12.3. The van der Waals surface area contributed by atoms with Crippen LogP contribution in [0.1, 0.15) is 27.0 Å². The maximum absolute atomic E-state index is 12.5. The zero-order valence-electron chi connectivity index (χ0n) is 20.5. The van der Waals surface area contributed by atoms with E-state index in [4.69, 9.17) is 10.7 Å². The lowest BCUT2D eigenvalue weighted by atomic mass is 10.1. The normalized spacial score (nSPS) is 16.1. The molecule has 2 aliphatic heterocycles. The number of fused-ring (bicyclic) bond motifs is 1. The highest BCUT2D eigenvalue weighted by molar-refractivity contribution is 6.15. The fourth-order valence-electron chi connectivity index (χ4n) is 4.55. The summed E-state index contributed by atoms with van der Waals surface area (Å²) in [7, 11) is 0. The van der Waals surface area contributed by atoms with Crippen LogP contribution in [0.4, 0.5) is 11.5 Å². The summed E-state index contributed by atoms with van der Waals surface area (Å²) < 4.78 is 0. The van der Waals surface area contributed by atoms with Gasteiger partial charge in [-0.05, 0) is 66.2 Å². The minimum atomic E-state index is -0.235. The van der Waals surface area contributed by atoms with Crippen LogP contribution in [0.2, 0.25) is 0 Å². The molecule has 186 valence electrons. The molecule has 4 heterocycles. The van der Waals surface area contributed by atoms with Crippen molar-refractivity contribution in [2.45, 2.75) is 12.7 Å². The molecule has 1 atom stereocenters. The average molecular weight is 500 g/mol. The van der Waals surface area contributed by atoms with E-state index in [-0.39, 0.29) is 12.1 Å². The summed E-state index contributed by atoms with van der Waals surface area (Å²) in [4.78, 5) is 27.9. The number of aliphatic imine (C=N–C) groups is 1. The van der Waals surface area contributed by atoms with Crippen LogP contribution in [0.25, 0.3) is 5.70 Å². The Morgan fingerprint density at radius 2 is 1.71 bits per heavy atom. The third kappa shape index (κ3) is 4.51. The van der Waals surface area contributed by atoms with E-state index in [2.05, 4.69) is 25.5 Å². The molecule has 0 saturated heterocycles. The van der Waals surface area contributed by atoms with Crippen molar-refractivity contribution in [1.82, 2.24) is 20.6 Å². The number of amidine groups is 1. The summed E-state index contributed by atoms with van der Waals surface area (Å²) in [6.45, 7) is 0.423. The van der Waals surface area contributed by atoms with Crippen molar-refractivity contribution >= 4 is 28.9 Å². The number of aromatic nitrogens is 2. The van der Waals surface area contributed by atoms with Crippen LogP contribution in [-0.2, 0) is 6.54 Å². The SMILES string of the molecule is Nc1ncccc1C1=NC2=CC=C(c3ccncc3)NC2N1c1ccc(CNC(=O)c2ccccc2)cc1. The second-order valence-corrected chi connectivity index (χ2v) is 8.91. The minimum absolute atomic E-state index is 0.104. The van der Waals surface area contributed by atoms with Crippen molar-refractivity contribution in [3.63, 3.8) is 0 Å². The van der Waals surface area contributed by atoms with Gasteiger partial charge in [0, 0.05) is 47.6 Å². The van der Waals surface area contributed by atoms with Crippen molar-refractivity contribution in [3.05, 3.63) is 138 Å². The highest BCUT2D eigenvalue weighted by atomic mass is 16.1. The second-order valence-electron chi connectivity index (χ2n) is 8.91. The predicted octanol–water partition coefficient (Wildman–Crippen LogP) is 4.11. The van der Waals surface area contributed by atoms with E-state index < -0.39 is 0 Å². The molecule has 6 rings (SSSR count). The van der Waals surface area contributed by atoms with Crippen molar-refractivity contribution in [2.75, 3.05) is 10.6 Å². The number of allylic oxidation sites excluding steroid dienone is 2. The molecule has 0 aliphatic carbocycles. The number of amides is 1. The van der Waals surface area contributed by atoms with Crippen LogP contribution in [-0.4, -0.2) is 27.9 Å². The van der Waals surface area contributed by atoms with Gasteiger partial charge in [0.05, 0.1) is 11.3 Å². The molecule has 0 bridgehead atoms. The molecular weight excluding hydrogens is 474 g/mol. The molecule has 2 aliphatic rings. The number of nitrogens with zero attached hydrogens (tertiary/aromatic N) is 4. The maximum Gasteiger partial charge on any atom is 0.251 e. The molecule has 2 aromatic heterocycles. The second kappa shape index (κ2) is 10.0. The van der Waals surface area contributed by atoms with E-state index in [9.17, 15) is 4.79 Å². The number of nitrogens with one attached hydrogen (secondary N) is 2. The number of nitrogen functional groups attached to an aromatic ring is 1. The van der Waals surface area contributed by atoms with Gasteiger partial charge >= 0.3 is 0 Å². The summed E-state index contributed by atoms with van der Waals surface area (Å²) in [6.07, 6.45) is 9.04. The molecule has 0 spiro atoms. The topological polar surface area (TPSA) is 109 Å². The van der Waals surface area contributed by atoms with E-state index in [1.807, 2.05) is 78.9 Å². The first-order valence-corrected chi connectivity index (χ1v) is 12.3. The largest absolute Gasteiger partial charge is 0.383 e. The van der Waals surface area contributed by atoms with Gasteiger partial charge in [-0.3, -0.25) is 14.7 Å². The Labute approximate surface area is 220 Å². The van der Waals surface area contributed by atoms with Crippen LogP contribution in [0, 0.1) is 0 Å². The first kappa shape index (κ1) is 23.2. The Balaban J connectivity index is 1.28. The predicted molar refractivity (Wildman–Crippen MR) is 149 cm³/mol. The Hall–Kier alpha value is -5.24. The van der Waals surface area contributed by atoms with Crippen LogP contribution >= 0.6 is 0 Å². The van der Waals surface area contributed by atoms with E-state index in [1.165, 1.54) is 0 Å². The monoisotopic (exact) mass is 499 g/mol. The van der Waals surface area contributed by atoms with Gasteiger partial charge in [-0.1, -0.05) is 30.3 Å². The first-order chi connectivity index (χ1) is 18.7. The molecule has 38 heavy (non-hydrogen) atoms. The zero-order valence-corrected chi connectivity index (χ0v) is 20.5. The Morgan fingerprint density at radius 3 is 2.47 bits per heavy atom. The van der Waals surface area contributed by atoms with Gasteiger partial charge in [0.15, 0.2) is 0 Å². The number of rotatable bonds is 6. The van der Waals surface area contributed by atoms with Gasteiger partial charge < -0.3 is 16.4 Å². The molecule has 0 radical (unpaired) electrons. The van der Waals surface area contributed by atoms with Gasteiger partial charge in [0.2, 0.25) is 0 Å². The average Bonchev–Trinajstić information content (AvgIpc) is 3.36. The molecule has 4 N–H and O–H groups in total. The standard InChI is InChI=1S/C30H25N7O/c31-27-24(7-4-16-33-27)28-36-26-13-12-25(21-14-17-32-18-15-21)35-29(26)37(28)23-10-8-20(9-11-23)19-34-30(38)22-5-2-1-3-6-22/h1-18,29,35H,19H2,(H2,31,33)(H,34,38). The summed E-state index contributed by atoms with van der Waals surface area (Å²) in [5, 5.41) is 6.61. The number of hydrogen-bond donors (Lipinski definition) is 3. The van der Waals surface area contributed by atoms with Crippen molar-refractivity contribution < 1.29 is 4.79 Å². The number of dihydropyridines is 1. The number of carbonyl (C=O) groups is 1. The van der Waals surface area contributed by atoms with Crippen LogP contribution in [0.15, 0.2) is 120 Å². The van der Waals surface area contributed by atoms with Gasteiger partial charge in [0.25, 0.3) is 5.91 Å². The summed E-state index contributed by atoms with van der Waals surface area (Å²) in [6, 6.07) is 25.0. The van der Waals surface area contributed by atoms with Gasteiger partial charge in [-0.15, -0.1) is 0 Å². The Morgan fingerprint density at radius 1 is 0.921 bits per heavy atom. The molecule has 8 nitrogen and oxygen atoms in total. The number of hydrogen-bond acceptors (Lipinski definition) is 7. The van der Waals surface area contributed by atoms with E-state index >= 15 is 0 Å².